The SMILES string of the molecule is Cc1cc(C)cc(NC(=O)C2Cc3ccccc3CN2C(=O)CC(C)C)c1. The molecule has 2 aromatic rings. The molecular formula is C23H28N2O2. The van der Waals surface area contributed by atoms with Gasteiger partial charge in [-0.2, -0.15) is 0 Å². The molecule has 4 heteroatoms. The van der Waals surface area contributed by atoms with E-state index >= 15 is 0 Å². The van der Waals surface area contributed by atoms with Crippen molar-refractivity contribution < 1.29 is 9.59 Å². The van der Waals surface area contributed by atoms with Crippen molar-refractivity contribution >= 4 is 17.5 Å². The molecule has 0 radical (unpaired) electrons. The van der Waals surface area contributed by atoms with E-state index in [1.807, 2.05) is 58.0 Å². The molecule has 4 nitrogen and oxygen atoms in total. The number of rotatable bonds is 4. The fraction of sp³-hybridized carbons (Fsp3) is 0.391. The zero-order valence-corrected chi connectivity index (χ0v) is 16.6. The molecule has 1 aliphatic rings. The molecule has 1 unspecified atom stereocenters. The lowest BCUT2D eigenvalue weighted by Gasteiger charge is -2.36. The van der Waals surface area contributed by atoms with Gasteiger partial charge in [-0.15, -0.1) is 0 Å². The highest BCUT2D eigenvalue weighted by atomic mass is 16.2. The van der Waals surface area contributed by atoms with Gasteiger partial charge in [-0.1, -0.05) is 44.2 Å². The Morgan fingerprint density at radius 2 is 1.70 bits per heavy atom. The van der Waals surface area contributed by atoms with E-state index < -0.39 is 6.04 Å². The molecule has 1 N–H and O–H groups in total. The van der Waals surface area contributed by atoms with Crippen molar-refractivity contribution in [3.8, 4) is 0 Å². The molecule has 2 aromatic carbocycles. The summed E-state index contributed by atoms with van der Waals surface area (Å²) in [5, 5.41) is 3.03. The fourth-order valence-electron chi connectivity index (χ4n) is 3.76. The van der Waals surface area contributed by atoms with Crippen LogP contribution in [0.3, 0.4) is 0 Å². The normalized spacial score (nSPS) is 16.2. The minimum Gasteiger partial charge on any atom is -0.326 e. The van der Waals surface area contributed by atoms with E-state index in [9.17, 15) is 9.59 Å². The molecule has 142 valence electrons. The molecule has 1 atom stereocenters. The third-order valence-electron chi connectivity index (χ3n) is 4.94. The minimum absolute atomic E-state index is 0.0417. The maximum absolute atomic E-state index is 13.1. The van der Waals surface area contributed by atoms with Crippen molar-refractivity contribution in [2.75, 3.05) is 5.32 Å². The molecule has 2 amide bonds. The maximum Gasteiger partial charge on any atom is 0.247 e. The Bertz CT molecular complexity index is 837. The van der Waals surface area contributed by atoms with Crippen molar-refractivity contribution in [2.45, 2.75) is 53.1 Å². The number of amides is 2. The summed E-state index contributed by atoms with van der Waals surface area (Å²) >= 11 is 0. The standard InChI is InChI=1S/C23H28N2O2/c1-15(2)9-22(26)25-14-19-8-6-5-7-18(19)13-21(25)23(27)24-20-11-16(3)10-17(4)12-20/h5-8,10-12,15,21H,9,13-14H2,1-4H3,(H,24,27). The average Bonchev–Trinajstić information content (AvgIpc) is 2.59. The van der Waals surface area contributed by atoms with E-state index in [2.05, 4.69) is 17.4 Å². The molecule has 3 rings (SSSR count). The summed E-state index contributed by atoms with van der Waals surface area (Å²) < 4.78 is 0. The van der Waals surface area contributed by atoms with Gasteiger partial charge >= 0.3 is 0 Å². The second kappa shape index (κ2) is 7.95. The molecule has 1 aliphatic heterocycles. The van der Waals surface area contributed by atoms with E-state index in [0.717, 1.165) is 27.9 Å². The van der Waals surface area contributed by atoms with Gasteiger partial charge in [0.05, 0.1) is 0 Å². The van der Waals surface area contributed by atoms with E-state index in [-0.39, 0.29) is 17.7 Å². The van der Waals surface area contributed by atoms with Crippen molar-refractivity contribution in [3.05, 3.63) is 64.7 Å². The molecule has 27 heavy (non-hydrogen) atoms. The summed E-state index contributed by atoms with van der Waals surface area (Å²) in [4.78, 5) is 27.7. The van der Waals surface area contributed by atoms with Crippen LogP contribution in [0.2, 0.25) is 0 Å². The van der Waals surface area contributed by atoms with Gasteiger partial charge in [0.2, 0.25) is 11.8 Å². The molecule has 0 bridgehead atoms. The molecule has 0 fully saturated rings. The molecule has 0 saturated heterocycles. The van der Waals surface area contributed by atoms with Gasteiger partial charge in [-0.3, -0.25) is 9.59 Å². The predicted molar refractivity (Wildman–Crippen MR) is 108 cm³/mol. The highest BCUT2D eigenvalue weighted by molar-refractivity contribution is 5.97. The quantitative estimate of drug-likeness (QED) is 0.882. The van der Waals surface area contributed by atoms with Crippen LogP contribution in [0.5, 0.6) is 0 Å². The summed E-state index contributed by atoms with van der Waals surface area (Å²) in [6.45, 7) is 8.57. The second-order valence-electron chi connectivity index (χ2n) is 7.97. The summed E-state index contributed by atoms with van der Waals surface area (Å²) in [7, 11) is 0. The lowest BCUT2D eigenvalue weighted by atomic mass is 9.92. The van der Waals surface area contributed by atoms with Gasteiger partial charge < -0.3 is 10.2 Å². The van der Waals surface area contributed by atoms with Gasteiger partial charge in [-0.25, -0.2) is 0 Å². The first-order valence-corrected chi connectivity index (χ1v) is 9.59. The van der Waals surface area contributed by atoms with E-state index in [1.165, 1.54) is 0 Å². The Morgan fingerprint density at radius 1 is 1.07 bits per heavy atom. The van der Waals surface area contributed by atoms with Crippen LogP contribution in [0.4, 0.5) is 5.69 Å². The summed E-state index contributed by atoms with van der Waals surface area (Å²) in [5.41, 5.74) is 5.27. The smallest absolute Gasteiger partial charge is 0.247 e. The minimum atomic E-state index is -0.480. The first-order valence-electron chi connectivity index (χ1n) is 9.59. The first-order chi connectivity index (χ1) is 12.8. The number of aryl methyl sites for hydroxylation is 2. The number of nitrogens with zero attached hydrogens (tertiary/aromatic N) is 1. The highest BCUT2D eigenvalue weighted by Crippen LogP contribution is 2.26. The number of benzene rings is 2. The van der Waals surface area contributed by atoms with Gasteiger partial charge in [0, 0.05) is 25.1 Å². The van der Waals surface area contributed by atoms with Crippen LogP contribution < -0.4 is 5.32 Å². The molecule has 0 aliphatic carbocycles. The average molecular weight is 364 g/mol. The number of fused-ring (bicyclic) bond motifs is 1. The van der Waals surface area contributed by atoms with E-state index in [1.54, 1.807) is 4.90 Å². The maximum atomic E-state index is 13.1. The van der Waals surface area contributed by atoms with Gasteiger partial charge in [0.25, 0.3) is 0 Å². The zero-order valence-electron chi connectivity index (χ0n) is 16.6. The molecular weight excluding hydrogens is 336 g/mol. The summed E-state index contributed by atoms with van der Waals surface area (Å²) in [6, 6.07) is 13.6. The highest BCUT2D eigenvalue weighted by Gasteiger charge is 2.34. The Labute approximate surface area is 161 Å². The molecule has 0 spiro atoms. The van der Waals surface area contributed by atoms with Crippen molar-refractivity contribution in [1.29, 1.82) is 0 Å². The lowest BCUT2D eigenvalue weighted by Crippen LogP contribution is -2.50. The monoisotopic (exact) mass is 364 g/mol. The Balaban J connectivity index is 1.86. The second-order valence-corrected chi connectivity index (χ2v) is 7.97. The summed E-state index contributed by atoms with van der Waals surface area (Å²) in [6.07, 6.45) is 1.01. The largest absolute Gasteiger partial charge is 0.326 e. The third kappa shape index (κ3) is 4.57. The Kier molecular flexibility index (Phi) is 5.64. The van der Waals surface area contributed by atoms with Crippen LogP contribution in [-0.4, -0.2) is 22.8 Å². The Morgan fingerprint density at radius 3 is 2.33 bits per heavy atom. The number of hydrogen-bond acceptors (Lipinski definition) is 2. The third-order valence-corrected chi connectivity index (χ3v) is 4.94. The van der Waals surface area contributed by atoms with Gasteiger partial charge in [0.1, 0.15) is 6.04 Å². The Hall–Kier alpha value is -2.62. The number of hydrogen-bond donors (Lipinski definition) is 1. The van der Waals surface area contributed by atoms with Crippen molar-refractivity contribution in [2.24, 2.45) is 5.92 Å². The van der Waals surface area contributed by atoms with Gasteiger partial charge in [0.15, 0.2) is 0 Å². The predicted octanol–water partition coefficient (Wildman–Crippen LogP) is 4.24. The first kappa shape index (κ1) is 19.2. The number of nitrogens with one attached hydrogen (secondary N) is 1. The zero-order chi connectivity index (χ0) is 19.6. The van der Waals surface area contributed by atoms with Crippen LogP contribution in [-0.2, 0) is 22.6 Å². The summed E-state index contributed by atoms with van der Waals surface area (Å²) in [5.74, 6) is 0.185. The molecule has 0 aromatic heterocycles. The van der Waals surface area contributed by atoms with E-state index in [0.29, 0.717) is 19.4 Å². The number of anilines is 1. The van der Waals surface area contributed by atoms with Crippen LogP contribution in [0, 0.1) is 19.8 Å². The molecule has 0 saturated carbocycles. The fourth-order valence-corrected chi connectivity index (χ4v) is 3.76. The number of carbonyl (C=O) groups is 2. The lowest BCUT2D eigenvalue weighted by molar-refractivity contribution is -0.140. The molecule has 1 heterocycles. The number of carbonyl (C=O) groups excluding carboxylic acids is 2. The van der Waals surface area contributed by atoms with Crippen LogP contribution in [0.15, 0.2) is 42.5 Å². The van der Waals surface area contributed by atoms with Crippen LogP contribution in [0.1, 0.15) is 42.5 Å². The van der Waals surface area contributed by atoms with Crippen molar-refractivity contribution in [3.63, 3.8) is 0 Å². The van der Waals surface area contributed by atoms with E-state index in [4.69, 9.17) is 0 Å². The van der Waals surface area contributed by atoms with Crippen LogP contribution in [0.25, 0.3) is 0 Å². The topological polar surface area (TPSA) is 49.4 Å². The van der Waals surface area contributed by atoms with Gasteiger partial charge in [-0.05, 0) is 54.2 Å². The van der Waals surface area contributed by atoms with Crippen LogP contribution >= 0.6 is 0 Å². The van der Waals surface area contributed by atoms with Crippen molar-refractivity contribution in [1.82, 2.24) is 4.90 Å².